The van der Waals surface area contributed by atoms with Gasteiger partial charge < -0.3 is 10.4 Å². The summed E-state index contributed by atoms with van der Waals surface area (Å²) in [7, 11) is 0. The second-order valence-corrected chi connectivity index (χ2v) is 3.94. The van der Waals surface area contributed by atoms with Crippen molar-refractivity contribution in [1.29, 1.82) is 0 Å². The number of rotatable bonds is 2. The first-order chi connectivity index (χ1) is 6.68. The van der Waals surface area contributed by atoms with Crippen molar-refractivity contribution < 1.29 is 9.50 Å². The highest BCUT2D eigenvalue weighted by molar-refractivity contribution is 6.30. The summed E-state index contributed by atoms with van der Waals surface area (Å²) < 4.78 is 13.1. The van der Waals surface area contributed by atoms with Gasteiger partial charge in [-0.25, -0.2) is 4.39 Å². The summed E-state index contributed by atoms with van der Waals surface area (Å²) in [5, 5.41) is 13.0. The zero-order valence-electron chi connectivity index (χ0n) is 7.50. The third-order valence-corrected chi connectivity index (χ3v) is 2.85. The number of benzene rings is 1. The van der Waals surface area contributed by atoms with Crippen molar-refractivity contribution in [1.82, 2.24) is 5.32 Å². The minimum Gasteiger partial charge on any atom is -0.388 e. The van der Waals surface area contributed by atoms with Crippen LogP contribution in [0.4, 0.5) is 4.39 Å². The van der Waals surface area contributed by atoms with Gasteiger partial charge in [-0.1, -0.05) is 17.7 Å². The molecule has 1 aromatic carbocycles. The molecule has 2 rings (SSSR count). The standard InChI is InChI=1S/C10H11ClFNO/c11-8-2-1-6(3-9(8)12)10(14)7-4-13-5-7/h1-3,7,10,13-14H,4-5H2. The molecular formula is C10H11ClFNO. The van der Waals surface area contributed by atoms with Gasteiger partial charge in [0.25, 0.3) is 0 Å². The topological polar surface area (TPSA) is 32.3 Å². The Balaban J connectivity index is 2.18. The normalized spacial score (nSPS) is 19.1. The number of hydrogen-bond donors (Lipinski definition) is 2. The third kappa shape index (κ3) is 1.75. The number of aliphatic hydroxyl groups is 1. The fourth-order valence-electron chi connectivity index (χ4n) is 1.50. The molecule has 1 fully saturated rings. The number of hydrogen-bond acceptors (Lipinski definition) is 2. The lowest BCUT2D eigenvalue weighted by atomic mass is 9.91. The van der Waals surface area contributed by atoms with E-state index in [2.05, 4.69) is 5.32 Å². The average Bonchev–Trinajstić information content (AvgIpc) is 2.06. The largest absolute Gasteiger partial charge is 0.388 e. The summed E-state index contributed by atoms with van der Waals surface area (Å²) in [5.41, 5.74) is 0.596. The van der Waals surface area contributed by atoms with Gasteiger partial charge >= 0.3 is 0 Å². The van der Waals surface area contributed by atoms with E-state index >= 15 is 0 Å². The van der Waals surface area contributed by atoms with E-state index in [-0.39, 0.29) is 10.9 Å². The Labute approximate surface area is 86.7 Å². The molecule has 76 valence electrons. The number of halogens is 2. The van der Waals surface area contributed by atoms with Crippen LogP contribution in [0.2, 0.25) is 5.02 Å². The first-order valence-corrected chi connectivity index (χ1v) is 4.90. The second-order valence-electron chi connectivity index (χ2n) is 3.54. The molecule has 0 spiro atoms. The van der Waals surface area contributed by atoms with Gasteiger partial charge in [-0.15, -0.1) is 0 Å². The maximum Gasteiger partial charge on any atom is 0.142 e. The predicted octanol–water partition coefficient (Wildman–Crippen LogP) is 1.73. The Morgan fingerprint density at radius 3 is 2.71 bits per heavy atom. The molecule has 1 atom stereocenters. The maximum absolute atomic E-state index is 13.1. The Morgan fingerprint density at radius 1 is 1.50 bits per heavy atom. The predicted molar refractivity (Wildman–Crippen MR) is 52.7 cm³/mol. The molecule has 0 bridgehead atoms. The lowest BCUT2D eigenvalue weighted by molar-refractivity contribution is 0.0764. The van der Waals surface area contributed by atoms with Crippen LogP contribution >= 0.6 is 11.6 Å². The molecule has 1 aliphatic heterocycles. The van der Waals surface area contributed by atoms with Crippen LogP contribution < -0.4 is 5.32 Å². The molecule has 14 heavy (non-hydrogen) atoms. The highest BCUT2D eigenvalue weighted by Crippen LogP contribution is 2.27. The van der Waals surface area contributed by atoms with Crippen LogP contribution in [-0.2, 0) is 0 Å². The van der Waals surface area contributed by atoms with Crippen molar-refractivity contribution in [2.75, 3.05) is 13.1 Å². The zero-order chi connectivity index (χ0) is 10.1. The van der Waals surface area contributed by atoms with Crippen molar-refractivity contribution in [3.8, 4) is 0 Å². The average molecular weight is 216 g/mol. The van der Waals surface area contributed by atoms with Gasteiger partial charge in [0.15, 0.2) is 0 Å². The van der Waals surface area contributed by atoms with E-state index in [9.17, 15) is 9.50 Å². The molecule has 4 heteroatoms. The highest BCUT2D eigenvalue weighted by Gasteiger charge is 2.26. The molecule has 1 heterocycles. The third-order valence-electron chi connectivity index (χ3n) is 2.54. The van der Waals surface area contributed by atoms with Gasteiger partial charge in [0.1, 0.15) is 5.82 Å². The molecule has 1 unspecified atom stereocenters. The molecule has 1 saturated heterocycles. The molecule has 0 amide bonds. The minimum atomic E-state index is -0.594. The van der Waals surface area contributed by atoms with Gasteiger partial charge in [0, 0.05) is 19.0 Å². The van der Waals surface area contributed by atoms with E-state index in [0.717, 1.165) is 13.1 Å². The van der Waals surface area contributed by atoms with Crippen LogP contribution in [0.5, 0.6) is 0 Å². The molecule has 0 aromatic heterocycles. The smallest absolute Gasteiger partial charge is 0.142 e. The Morgan fingerprint density at radius 2 is 2.21 bits per heavy atom. The SMILES string of the molecule is OC(c1ccc(Cl)c(F)c1)C1CNC1. The van der Waals surface area contributed by atoms with Crippen molar-refractivity contribution in [2.24, 2.45) is 5.92 Å². The summed E-state index contributed by atoms with van der Waals surface area (Å²) >= 11 is 5.54. The molecular weight excluding hydrogens is 205 g/mol. The molecule has 0 aliphatic carbocycles. The van der Waals surface area contributed by atoms with Gasteiger partial charge in [-0.2, -0.15) is 0 Å². The monoisotopic (exact) mass is 215 g/mol. The molecule has 2 nitrogen and oxygen atoms in total. The van der Waals surface area contributed by atoms with Crippen LogP contribution in [0.15, 0.2) is 18.2 Å². The molecule has 1 aromatic rings. The molecule has 2 N–H and O–H groups in total. The van der Waals surface area contributed by atoms with Crippen LogP contribution in [0, 0.1) is 11.7 Å². The lowest BCUT2D eigenvalue weighted by Gasteiger charge is -2.31. The van der Waals surface area contributed by atoms with E-state index in [0.29, 0.717) is 5.56 Å². The quantitative estimate of drug-likeness (QED) is 0.788. The van der Waals surface area contributed by atoms with Crippen LogP contribution in [0.25, 0.3) is 0 Å². The van der Waals surface area contributed by atoms with Crippen LogP contribution in [0.1, 0.15) is 11.7 Å². The first-order valence-electron chi connectivity index (χ1n) is 4.52. The van der Waals surface area contributed by atoms with E-state index in [1.54, 1.807) is 6.07 Å². The van der Waals surface area contributed by atoms with E-state index < -0.39 is 11.9 Å². The van der Waals surface area contributed by atoms with E-state index in [4.69, 9.17) is 11.6 Å². The van der Waals surface area contributed by atoms with Gasteiger partial charge in [-0.3, -0.25) is 0 Å². The van der Waals surface area contributed by atoms with Crippen LogP contribution in [0.3, 0.4) is 0 Å². The van der Waals surface area contributed by atoms with Crippen molar-refractivity contribution in [3.63, 3.8) is 0 Å². The molecule has 0 radical (unpaired) electrons. The van der Waals surface area contributed by atoms with Crippen molar-refractivity contribution in [2.45, 2.75) is 6.10 Å². The Hall–Kier alpha value is -0.640. The van der Waals surface area contributed by atoms with Gasteiger partial charge in [0.2, 0.25) is 0 Å². The summed E-state index contributed by atoms with van der Waals surface area (Å²) in [4.78, 5) is 0. The second kappa shape index (κ2) is 3.85. The first kappa shape index (κ1) is 9.90. The maximum atomic E-state index is 13.1. The lowest BCUT2D eigenvalue weighted by Crippen LogP contribution is -2.45. The molecule has 1 aliphatic rings. The summed E-state index contributed by atoms with van der Waals surface area (Å²) in [6.45, 7) is 1.57. The van der Waals surface area contributed by atoms with E-state index in [1.165, 1.54) is 12.1 Å². The van der Waals surface area contributed by atoms with Gasteiger partial charge in [-0.05, 0) is 17.7 Å². The summed E-state index contributed by atoms with van der Waals surface area (Å²) in [6.07, 6.45) is -0.594. The van der Waals surface area contributed by atoms with Crippen LogP contribution in [-0.4, -0.2) is 18.2 Å². The van der Waals surface area contributed by atoms with E-state index in [1.807, 2.05) is 0 Å². The zero-order valence-corrected chi connectivity index (χ0v) is 8.26. The van der Waals surface area contributed by atoms with Crippen molar-refractivity contribution in [3.05, 3.63) is 34.6 Å². The Bertz CT molecular complexity index is 341. The fourth-order valence-corrected chi connectivity index (χ4v) is 1.62. The fraction of sp³-hybridized carbons (Fsp3) is 0.400. The molecule has 0 saturated carbocycles. The highest BCUT2D eigenvalue weighted by atomic mass is 35.5. The Kier molecular flexibility index (Phi) is 2.72. The van der Waals surface area contributed by atoms with Gasteiger partial charge in [0.05, 0.1) is 11.1 Å². The minimum absolute atomic E-state index is 0.0904. The summed E-state index contributed by atoms with van der Waals surface area (Å²) in [5.74, 6) is -0.286. The summed E-state index contributed by atoms with van der Waals surface area (Å²) in [6, 6.07) is 4.43. The number of nitrogens with one attached hydrogen (secondary N) is 1. The number of aliphatic hydroxyl groups excluding tert-OH is 1. The van der Waals surface area contributed by atoms with Crippen molar-refractivity contribution >= 4 is 11.6 Å².